The molecule has 0 aromatic heterocycles. The van der Waals surface area contributed by atoms with E-state index in [0.717, 1.165) is 25.6 Å². The first-order chi connectivity index (χ1) is 11.0. The van der Waals surface area contributed by atoms with Crippen molar-refractivity contribution in [1.82, 2.24) is 15.1 Å². The van der Waals surface area contributed by atoms with Crippen LogP contribution in [0.4, 0.5) is 0 Å². The molecule has 0 aromatic rings. The van der Waals surface area contributed by atoms with Crippen LogP contribution < -0.4 is 11.1 Å². The lowest BCUT2D eigenvalue weighted by Crippen LogP contribution is -2.51. The van der Waals surface area contributed by atoms with Crippen molar-refractivity contribution in [1.29, 1.82) is 0 Å². The monoisotopic (exact) mass is 451 g/mol. The number of hydrogen-bond acceptors (Lipinski definition) is 3. The van der Waals surface area contributed by atoms with Crippen LogP contribution >= 0.6 is 24.0 Å². The summed E-state index contributed by atoms with van der Waals surface area (Å²) in [6.07, 6.45) is 7.68. The molecule has 24 heavy (non-hydrogen) atoms. The van der Waals surface area contributed by atoms with Gasteiger partial charge in [0.15, 0.2) is 5.96 Å². The molecule has 2 aliphatic rings. The maximum Gasteiger partial charge on any atom is 0.188 e. The summed E-state index contributed by atoms with van der Waals surface area (Å²) < 4.78 is 0. The van der Waals surface area contributed by atoms with Gasteiger partial charge in [-0.25, -0.2) is 0 Å². The summed E-state index contributed by atoms with van der Waals surface area (Å²) in [5.74, 6) is 1.40. The highest BCUT2D eigenvalue weighted by Crippen LogP contribution is 2.35. The van der Waals surface area contributed by atoms with Gasteiger partial charge in [-0.15, -0.1) is 24.0 Å². The molecule has 3 N–H and O–H groups in total. The third-order valence-corrected chi connectivity index (χ3v) is 5.98. The van der Waals surface area contributed by atoms with E-state index < -0.39 is 0 Å². The highest BCUT2D eigenvalue weighted by Gasteiger charge is 2.36. The van der Waals surface area contributed by atoms with E-state index in [1.165, 1.54) is 45.1 Å². The summed E-state index contributed by atoms with van der Waals surface area (Å²) in [6, 6.07) is 0.617. The molecule has 2 fully saturated rings. The molecule has 0 amide bonds. The average molecular weight is 451 g/mol. The second-order valence-corrected chi connectivity index (χ2v) is 7.83. The first-order valence-electron chi connectivity index (χ1n) is 9.42. The highest BCUT2D eigenvalue weighted by molar-refractivity contribution is 14.0. The molecule has 0 bridgehead atoms. The number of halogens is 1. The fraction of sp³-hybridized carbons (Fsp3) is 0.944. The van der Waals surface area contributed by atoms with E-state index in [1.807, 2.05) is 0 Å². The van der Waals surface area contributed by atoms with Crippen LogP contribution in [0.5, 0.6) is 0 Å². The number of nitrogens with one attached hydrogen (secondary N) is 1. The van der Waals surface area contributed by atoms with Crippen LogP contribution in [0, 0.1) is 5.92 Å². The minimum Gasteiger partial charge on any atom is -0.370 e. The molecule has 1 heterocycles. The standard InChI is InChI=1S/C18H37N5.HI/c1-5-23-11-7-9-16(23)13-20-17(19)21-14-18(22(3)4)10-6-8-15(2)12-18;/h15-16H,5-14H2,1-4H3,(H3,19,20,21);1H. The second kappa shape index (κ2) is 10.2. The van der Waals surface area contributed by atoms with Gasteiger partial charge in [-0.3, -0.25) is 9.89 Å². The van der Waals surface area contributed by atoms with Gasteiger partial charge in [0.05, 0.1) is 6.54 Å². The van der Waals surface area contributed by atoms with Crippen LogP contribution in [0.15, 0.2) is 4.99 Å². The molecule has 1 aliphatic carbocycles. The van der Waals surface area contributed by atoms with E-state index in [9.17, 15) is 0 Å². The fourth-order valence-electron chi connectivity index (χ4n) is 4.38. The van der Waals surface area contributed by atoms with Gasteiger partial charge in [0.25, 0.3) is 0 Å². The molecule has 6 heteroatoms. The zero-order chi connectivity index (χ0) is 16.9. The van der Waals surface area contributed by atoms with E-state index in [1.54, 1.807) is 0 Å². The summed E-state index contributed by atoms with van der Waals surface area (Å²) in [5, 5.41) is 3.36. The topological polar surface area (TPSA) is 56.9 Å². The number of nitrogens with two attached hydrogens (primary N) is 1. The Morgan fingerprint density at radius 3 is 2.71 bits per heavy atom. The molecule has 3 atom stereocenters. The zero-order valence-corrected chi connectivity index (χ0v) is 18.4. The Bertz CT molecular complexity index is 401. The summed E-state index contributed by atoms with van der Waals surface area (Å²) in [6.45, 7) is 8.69. The predicted molar refractivity (Wildman–Crippen MR) is 114 cm³/mol. The van der Waals surface area contributed by atoms with E-state index >= 15 is 0 Å². The van der Waals surface area contributed by atoms with Crippen molar-refractivity contribution in [3.8, 4) is 0 Å². The lowest BCUT2D eigenvalue weighted by molar-refractivity contribution is 0.0845. The van der Waals surface area contributed by atoms with E-state index in [2.05, 4.69) is 43.1 Å². The third kappa shape index (κ3) is 5.73. The first-order valence-corrected chi connectivity index (χ1v) is 9.42. The number of aliphatic imine (C=N–C) groups is 1. The van der Waals surface area contributed by atoms with E-state index in [0.29, 0.717) is 12.0 Å². The Hall–Kier alpha value is -0.0800. The Labute approximate surface area is 165 Å². The molecular weight excluding hydrogens is 413 g/mol. The highest BCUT2D eigenvalue weighted by atomic mass is 127. The van der Waals surface area contributed by atoms with Crippen LogP contribution in [0.2, 0.25) is 0 Å². The van der Waals surface area contributed by atoms with Gasteiger partial charge < -0.3 is 16.0 Å². The molecule has 0 spiro atoms. The van der Waals surface area contributed by atoms with Crippen molar-refractivity contribution in [2.75, 3.05) is 40.3 Å². The number of nitrogens with zero attached hydrogens (tertiary/aromatic N) is 3. The number of likely N-dealkylation sites (tertiary alicyclic amines) is 1. The van der Waals surface area contributed by atoms with Crippen LogP contribution in [-0.2, 0) is 0 Å². The van der Waals surface area contributed by atoms with Crippen molar-refractivity contribution >= 4 is 29.9 Å². The Balaban J connectivity index is 0.00000288. The minimum atomic E-state index is 0. The van der Waals surface area contributed by atoms with Gasteiger partial charge >= 0.3 is 0 Å². The maximum atomic E-state index is 6.15. The van der Waals surface area contributed by atoms with Gasteiger partial charge in [0.1, 0.15) is 0 Å². The predicted octanol–water partition coefficient (Wildman–Crippen LogP) is 2.50. The minimum absolute atomic E-state index is 0. The first kappa shape index (κ1) is 22.0. The summed E-state index contributed by atoms with van der Waals surface area (Å²) in [4.78, 5) is 9.61. The average Bonchev–Trinajstić information content (AvgIpc) is 2.98. The van der Waals surface area contributed by atoms with Gasteiger partial charge in [-0.2, -0.15) is 0 Å². The van der Waals surface area contributed by atoms with Gasteiger partial charge in [-0.05, 0) is 58.8 Å². The van der Waals surface area contributed by atoms with Gasteiger partial charge in [0.2, 0.25) is 0 Å². The van der Waals surface area contributed by atoms with E-state index in [4.69, 9.17) is 10.7 Å². The zero-order valence-electron chi connectivity index (χ0n) is 16.1. The van der Waals surface area contributed by atoms with E-state index in [-0.39, 0.29) is 29.5 Å². The lowest BCUT2D eigenvalue weighted by atomic mass is 9.75. The molecule has 1 aliphatic heterocycles. The molecule has 3 unspecified atom stereocenters. The summed E-state index contributed by atoms with van der Waals surface area (Å²) in [7, 11) is 4.38. The number of hydrogen-bond donors (Lipinski definition) is 2. The summed E-state index contributed by atoms with van der Waals surface area (Å²) >= 11 is 0. The van der Waals surface area contributed by atoms with Crippen molar-refractivity contribution in [2.45, 2.75) is 64.0 Å². The SMILES string of the molecule is CCN1CCCC1CNC(N)=NCC1(N(C)C)CCCC(C)C1.I. The molecule has 1 saturated heterocycles. The quantitative estimate of drug-likeness (QED) is 0.370. The normalized spacial score (nSPS) is 32.0. The fourth-order valence-corrected chi connectivity index (χ4v) is 4.38. The molecule has 1 saturated carbocycles. The Morgan fingerprint density at radius 2 is 2.08 bits per heavy atom. The summed E-state index contributed by atoms with van der Waals surface area (Å²) in [5.41, 5.74) is 6.34. The van der Waals surface area contributed by atoms with Crippen LogP contribution in [0.1, 0.15) is 52.4 Å². The third-order valence-electron chi connectivity index (χ3n) is 5.98. The smallest absolute Gasteiger partial charge is 0.188 e. The number of likely N-dealkylation sites (N-methyl/N-ethyl adjacent to an activating group) is 2. The Morgan fingerprint density at radius 1 is 1.33 bits per heavy atom. The molecular formula is C18H38IN5. The lowest BCUT2D eigenvalue weighted by Gasteiger charge is -2.44. The largest absolute Gasteiger partial charge is 0.370 e. The molecule has 0 aromatic carbocycles. The van der Waals surface area contributed by atoms with Crippen LogP contribution in [0.25, 0.3) is 0 Å². The molecule has 0 radical (unpaired) electrons. The van der Waals surface area contributed by atoms with Crippen molar-refractivity contribution in [3.63, 3.8) is 0 Å². The van der Waals surface area contributed by atoms with Gasteiger partial charge in [-0.1, -0.05) is 26.7 Å². The van der Waals surface area contributed by atoms with Crippen LogP contribution in [-0.4, -0.2) is 67.6 Å². The van der Waals surface area contributed by atoms with Crippen molar-refractivity contribution < 1.29 is 0 Å². The second-order valence-electron chi connectivity index (χ2n) is 7.83. The molecule has 2 rings (SSSR count). The molecule has 5 nitrogen and oxygen atoms in total. The van der Waals surface area contributed by atoms with Crippen LogP contribution in [0.3, 0.4) is 0 Å². The van der Waals surface area contributed by atoms with Gasteiger partial charge in [0, 0.05) is 18.1 Å². The van der Waals surface area contributed by atoms with Crippen molar-refractivity contribution in [3.05, 3.63) is 0 Å². The number of rotatable bonds is 6. The number of guanidine groups is 1. The Kier molecular flexibility index (Phi) is 9.30. The molecule has 142 valence electrons. The van der Waals surface area contributed by atoms with Crippen molar-refractivity contribution in [2.24, 2.45) is 16.6 Å². The maximum absolute atomic E-state index is 6.15.